The summed E-state index contributed by atoms with van der Waals surface area (Å²) in [4.78, 5) is 27.4. The number of methoxy groups -OCH3 is 1. The van der Waals surface area contributed by atoms with Gasteiger partial charge in [0.05, 0.1) is 19.2 Å². The summed E-state index contributed by atoms with van der Waals surface area (Å²) in [7, 11) is 1.31. The molecule has 1 aromatic rings. The molecule has 0 bridgehead atoms. The highest BCUT2D eigenvalue weighted by Gasteiger charge is 2.22. The van der Waals surface area contributed by atoms with Gasteiger partial charge in [-0.25, -0.2) is 9.78 Å². The van der Waals surface area contributed by atoms with Crippen LogP contribution < -0.4 is 11.1 Å². The standard InChI is InChI=1S/C12H19N3O3S/c1-7(2)4-9(11(17)18-3)15-10(16)5-8-6-19-12(13)14-8/h6-7,9H,4-5H2,1-3H3,(H2,13,14)(H,15,16). The molecule has 0 radical (unpaired) electrons. The average Bonchev–Trinajstić information content (AvgIpc) is 2.72. The third-order valence-corrected chi connectivity index (χ3v) is 3.16. The SMILES string of the molecule is COC(=O)C(CC(C)C)NC(=O)Cc1csc(N)n1. The van der Waals surface area contributed by atoms with E-state index >= 15 is 0 Å². The highest BCUT2D eigenvalue weighted by atomic mass is 32.1. The lowest BCUT2D eigenvalue weighted by atomic mass is 10.0. The van der Waals surface area contributed by atoms with Crippen LogP contribution in [0.15, 0.2) is 5.38 Å². The number of amides is 1. The minimum Gasteiger partial charge on any atom is -0.467 e. The number of nitrogen functional groups attached to an aromatic ring is 1. The van der Waals surface area contributed by atoms with Crippen molar-refractivity contribution in [2.24, 2.45) is 5.92 Å². The fourth-order valence-corrected chi connectivity index (χ4v) is 2.20. The van der Waals surface area contributed by atoms with Crippen molar-refractivity contribution in [3.8, 4) is 0 Å². The smallest absolute Gasteiger partial charge is 0.328 e. The number of hydrogen-bond acceptors (Lipinski definition) is 6. The number of nitrogens with zero attached hydrogens (tertiary/aromatic N) is 1. The second-order valence-corrected chi connectivity index (χ2v) is 5.52. The molecular formula is C12H19N3O3S. The van der Waals surface area contributed by atoms with Gasteiger partial charge in [-0.15, -0.1) is 11.3 Å². The fraction of sp³-hybridized carbons (Fsp3) is 0.583. The van der Waals surface area contributed by atoms with Gasteiger partial charge in [0.2, 0.25) is 5.91 Å². The summed E-state index contributed by atoms with van der Waals surface area (Å²) in [5, 5.41) is 4.82. The van der Waals surface area contributed by atoms with Crippen LogP contribution in [0.3, 0.4) is 0 Å². The first-order valence-corrected chi connectivity index (χ1v) is 6.87. The van der Waals surface area contributed by atoms with Crippen LogP contribution in [0, 0.1) is 5.92 Å². The third-order valence-electron chi connectivity index (χ3n) is 2.44. The summed E-state index contributed by atoms with van der Waals surface area (Å²) in [6.45, 7) is 3.95. The number of rotatable bonds is 6. The van der Waals surface area contributed by atoms with E-state index in [-0.39, 0.29) is 18.2 Å². The van der Waals surface area contributed by atoms with Crippen molar-refractivity contribution in [3.05, 3.63) is 11.1 Å². The van der Waals surface area contributed by atoms with E-state index in [4.69, 9.17) is 5.73 Å². The topological polar surface area (TPSA) is 94.3 Å². The number of nitrogens with one attached hydrogen (secondary N) is 1. The van der Waals surface area contributed by atoms with Gasteiger partial charge in [0.1, 0.15) is 6.04 Å². The number of esters is 1. The fourth-order valence-electron chi connectivity index (χ4n) is 1.64. The number of anilines is 1. The number of thiazole rings is 1. The first kappa shape index (κ1) is 15.4. The minimum atomic E-state index is -0.617. The number of carbonyl (C=O) groups is 2. The zero-order chi connectivity index (χ0) is 14.4. The van der Waals surface area contributed by atoms with Gasteiger partial charge in [0.25, 0.3) is 0 Å². The average molecular weight is 285 g/mol. The van der Waals surface area contributed by atoms with E-state index < -0.39 is 12.0 Å². The van der Waals surface area contributed by atoms with Gasteiger partial charge < -0.3 is 15.8 Å². The maximum atomic E-state index is 11.8. The monoisotopic (exact) mass is 285 g/mol. The van der Waals surface area contributed by atoms with Crippen molar-refractivity contribution in [3.63, 3.8) is 0 Å². The lowest BCUT2D eigenvalue weighted by molar-refractivity contribution is -0.145. The summed E-state index contributed by atoms with van der Waals surface area (Å²) in [6.07, 6.45) is 0.650. The van der Waals surface area contributed by atoms with Crippen LogP contribution in [0.1, 0.15) is 26.0 Å². The van der Waals surface area contributed by atoms with E-state index in [0.29, 0.717) is 17.2 Å². The number of nitrogens with two attached hydrogens (primary N) is 1. The highest BCUT2D eigenvalue weighted by molar-refractivity contribution is 7.13. The lowest BCUT2D eigenvalue weighted by Crippen LogP contribution is -2.43. The van der Waals surface area contributed by atoms with Crippen molar-refractivity contribution < 1.29 is 14.3 Å². The van der Waals surface area contributed by atoms with Gasteiger partial charge in [0, 0.05) is 5.38 Å². The van der Waals surface area contributed by atoms with Gasteiger partial charge >= 0.3 is 5.97 Å². The van der Waals surface area contributed by atoms with Crippen molar-refractivity contribution in [1.29, 1.82) is 0 Å². The molecular weight excluding hydrogens is 266 g/mol. The van der Waals surface area contributed by atoms with Crippen molar-refractivity contribution in [2.75, 3.05) is 12.8 Å². The van der Waals surface area contributed by atoms with Gasteiger partial charge in [-0.3, -0.25) is 4.79 Å². The number of ether oxygens (including phenoxy) is 1. The van der Waals surface area contributed by atoms with Crippen LogP contribution >= 0.6 is 11.3 Å². The van der Waals surface area contributed by atoms with Gasteiger partial charge in [-0.1, -0.05) is 13.8 Å². The van der Waals surface area contributed by atoms with Crippen LogP contribution in [-0.2, 0) is 20.7 Å². The van der Waals surface area contributed by atoms with E-state index in [0.717, 1.165) is 0 Å². The molecule has 1 atom stereocenters. The zero-order valence-corrected chi connectivity index (χ0v) is 12.1. The molecule has 1 heterocycles. The molecule has 106 valence electrons. The molecule has 0 fully saturated rings. The molecule has 0 saturated heterocycles. The predicted octanol–water partition coefficient (Wildman–Crippen LogP) is 0.972. The normalized spacial score (nSPS) is 12.2. The Hall–Kier alpha value is -1.63. The molecule has 1 rings (SSSR count). The molecule has 19 heavy (non-hydrogen) atoms. The maximum Gasteiger partial charge on any atom is 0.328 e. The molecule has 0 aliphatic rings. The van der Waals surface area contributed by atoms with Crippen LogP contribution in [0.4, 0.5) is 5.13 Å². The molecule has 1 unspecified atom stereocenters. The van der Waals surface area contributed by atoms with E-state index in [2.05, 4.69) is 15.0 Å². The van der Waals surface area contributed by atoms with E-state index in [9.17, 15) is 9.59 Å². The Morgan fingerprint density at radius 2 is 2.21 bits per heavy atom. The van der Waals surface area contributed by atoms with Gasteiger partial charge in [-0.05, 0) is 12.3 Å². The molecule has 0 aliphatic carbocycles. The summed E-state index contributed by atoms with van der Waals surface area (Å²) >= 11 is 1.28. The van der Waals surface area contributed by atoms with Gasteiger partial charge in [0.15, 0.2) is 5.13 Å². The first-order valence-electron chi connectivity index (χ1n) is 5.99. The second kappa shape index (κ2) is 7.08. The van der Waals surface area contributed by atoms with E-state index in [1.165, 1.54) is 18.4 Å². The zero-order valence-electron chi connectivity index (χ0n) is 11.3. The second-order valence-electron chi connectivity index (χ2n) is 4.63. The summed E-state index contributed by atoms with van der Waals surface area (Å²) in [5.41, 5.74) is 6.10. The Kier molecular flexibility index (Phi) is 5.75. The predicted molar refractivity (Wildman–Crippen MR) is 73.6 cm³/mol. The summed E-state index contributed by atoms with van der Waals surface area (Å²) < 4.78 is 4.68. The summed E-state index contributed by atoms with van der Waals surface area (Å²) in [6, 6.07) is -0.617. The van der Waals surface area contributed by atoms with E-state index in [1.54, 1.807) is 5.38 Å². The summed E-state index contributed by atoms with van der Waals surface area (Å²) in [5.74, 6) is -0.416. The van der Waals surface area contributed by atoms with Crippen LogP contribution in [0.2, 0.25) is 0 Å². The Bertz CT molecular complexity index is 445. The molecule has 0 aliphatic heterocycles. The maximum absolute atomic E-state index is 11.8. The number of hydrogen-bond donors (Lipinski definition) is 2. The minimum absolute atomic E-state index is 0.110. The molecule has 3 N–H and O–H groups in total. The van der Waals surface area contributed by atoms with Crippen LogP contribution in [0.5, 0.6) is 0 Å². The molecule has 0 spiro atoms. The van der Waals surface area contributed by atoms with Crippen molar-refractivity contribution in [2.45, 2.75) is 32.7 Å². The lowest BCUT2D eigenvalue weighted by Gasteiger charge is -2.18. The molecule has 1 amide bonds. The first-order chi connectivity index (χ1) is 8.92. The Morgan fingerprint density at radius 3 is 2.68 bits per heavy atom. The van der Waals surface area contributed by atoms with Crippen molar-refractivity contribution in [1.82, 2.24) is 10.3 Å². The van der Waals surface area contributed by atoms with Crippen LogP contribution in [0.25, 0.3) is 0 Å². The van der Waals surface area contributed by atoms with Crippen LogP contribution in [-0.4, -0.2) is 30.0 Å². The Labute approximate surface area is 116 Å². The largest absolute Gasteiger partial charge is 0.467 e. The highest BCUT2D eigenvalue weighted by Crippen LogP contribution is 2.12. The molecule has 0 saturated carbocycles. The molecule has 6 nitrogen and oxygen atoms in total. The quantitative estimate of drug-likeness (QED) is 0.760. The van der Waals surface area contributed by atoms with Gasteiger partial charge in [-0.2, -0.15) is 0 Å². The van der Waals surface area contributed by atoms with E-state index in [1.807, 2.05) is 13.8 Å². The van der Waals surface area contributed by atoms with Crippen molar-refractivity contribution >= 4 is 28.3 Å². The Balaban J connectivity index is 2.57. The molecule has 7 heteroatoms. The third kappa shape index (κ3) is 5.25. The Morgan fingerprint density at radius 1 is 1.53 bits per heavy atom. The number of aromatic nitrogens is 1. The number of carbonyl (C=O) groups excluding carboxylic acids is 2. The molecule has 1 aromatic heterocycles. The molecule has 0 aromatic carbocycles.